The number of guanidine groups is 1. The van der Waals surface area contributed by atoms with Gasteiger partial charge in [0.15, 0.2) is 5.96 Å². The molecule has 1 unspecified atom stereocenters. The number of aromatic nitrogens is 1. The fourth-order valence-electron chi connectivity index (χ4n) is 3.54. The predicted molar refractivity (Wildman–Crippen MR) is 117 cm³/mol. The summed E-state index contributed by atoms with van der Waals surface area (Å²) >= 11 is 0. The Hall–Kier alpha value is -3.00. The SMILES string of the molecule is CN=C(NCc1cccc(OC)n1)NC1CCN(Cc2cc(OC)cc(OC)c2)C1. The lowest BCUT2D eigenvalue weighted by molar-refractivity contribution is 0.321. The van der Waals surface area contributed by atoms with Crippen molar-refractivity contribution in [1.82, 2.24) is 20.5 Å². The third-order valence-corrected chi connectivity index (χ3v) is 5.08. The van der Waals surface area contributed by atoms with Crippen molar-refractivity contribution in [3.05, 3.63) is 47.7 Å². The van der Waals surface area contributed by atoms with Crippen molar-refractivity contribution in [3.63, 3.8) is 0 Å². The molecule has 30 heavy (non-hydrogen) atoms. The molecule has 8 nitrogen and oxygen atoms in total. The molecule has 0 spiro atoms. The number of aliphatic imine (C=N–C) groups is 1. The zero-order valence-electron chi connectivity index (χ0n) is 18.1. The number of nitrogens with zero attached hydrogens (tertiary/aromatic N) is 3. The maximum absolute atomic E-state index is 5.38. The largest absolute Gasteiger partial charge is 0.497 e. The van der Waals surface area contributed by atoms with E-state index in [1.165, 1.54) is 5.56 Å². The van der Waals surface area contributed by atoms with Gasteiger partial charge in [0.2, 0.25) is 5.88 Å². The van der Waals surface area contributed by atoms with E-state index >= 15 is 0 Å². The fraction of sp³-hybridized carbons (Fsp3) is 0.455. The molecule has 0 radical (unpaired) electrons. The summed E-state index contributed by atoms with van der Waals surface area (Å²) in [5.41, 5.74) is 2.08. The quantitative estimate of drug-likeness (QED) is 0.506. The molecule has 3 rings (SSSR count). The van der Waals surface area contributed by atoms with Gasteiger partial charge in [-0.25, -0.2) is 4.98 Å². The first-order valence-electron chi connectivity index (χ1n) is 10.0. The molecular weight excluding hydrogens is 382 g/mol. The van der Waals surface area contributed by atoms with Gasteiger partial charge in [0.05, 0.1) is 33.6 Å². The number of hydrogen-bond acceptors (Lipinski definition) is 6. The Labute approximate surface area is 178 Å². The predicted octanol–water partition coefficient (Wildman–Crippen LogP) is 2.05. The standard InChI is InChI=1S/C22H31N5O3/c1-23-22(24-13-17-6-5-7-21(25-17)30-4)26-18-8-9-27(15-18)14-16-10-19(28-2)12-20(11-16)29-3/h5-7,10-12,18H,8-9,13-15H2,1-4H3,(H2,23,24,26). The first-order chi connectivity index (χ1) is 14.6. The van der Waals surface area contributed by atoms with Crippen molar-refractivity contribution in [2.24, 2.45) is 4.99 Å². The molecule has 0 aliphatic carbocycles. The molecule has 1 aromatic carbocycles. The Morgan fingerprint density at radius 2 is 1.90 bits per heavy atom. The number of rotatable bonds is 8. The van der Waals surface area contributed by atoms with E-state index in [-0.39, 0.29) is 0 Å². The molecule has 2 heterocycles. The van der Waals surface area contributed by atoms with E-state index < -0.39 is 0 Å². The summed E-state index contributed by atoms with van der Waals surface area (Å²) in [6.45, 7) is 3.39. The minimum absolute atomic E-state index is 0.335. The molecular formula is C22H31N5O3. The average molecular weight is 414 g/mol. The molecule has 1 saturated heterocycles. The zero-order valence-corrected chi connectivity index (χ0v) is 18.1. The van der Waals surface area contributed by atoms with Crippen LogP contribution in [0.2, 0.25) is 0 Å². The lowest BCUT2D eigenvalue weighted by Gasteiger charge is -2.19. The van der Waals surface area contributed by atoms with Crippen LogP contribution in [-0.4, -0.2) is 63.4 Å². The Kier molecular flexibility index (Phi) is 7.73. The molecule has 162 valence electrons. The van der Waals surface area contributed by atoms with Gasteiger partial charge in [-0.2, -0.15) is 0 Å². The monoisotopic (exact) mass is 413 g/mol. The van der Waals surface area contributed by atoms with Crippen molar-refractivity contribution in [2.75, 3.05) is 41.5 Å². The molecule has 1 fully saturated rings. The van der Waals surface area contributed by atoms with Crippen LogP contribution < -0.4 is 24.8 Å². The lowest BCUT2D eigenvalue weighted by Crippen LogP contribution is -2.44. The van der Waals surface area contributed by atoms with E-state index in [0.29, 0.717) is 18.5 Å². The number of methoxy groups -OCH3 is 3. The molecule has 1 aliphatic rings. The van der Waals surface area contributed by atoms with Crippen LogP contribution in [0, 0.1) is 0 Å². The Morgan fingerprint density at radius 1 is 1.13 bits per heavy atom. The van der Waals surface area contributed by atoms with Crippen LogP contribution in [0.4, 0.5) is 0 Å². The highest BCUT2D eigenvalue weighted by atomic mass is 16.5. The van der Waals surface area contributed by atoms with Gasteiger partial charge < -0.3 is 24.8 Å². The van der Waals surface area contributed by atoms with E-state index in [9.17, 15) is 0 Å². The van der Waals surface area contributed by atoms with Crippen molar-refractivity contribution < 1.29 is 14.2 Å². The Bertz CT molecular complexity index is 836. The molecule has 0 saturated carbocycles. The summed E-state index contributed by atoms with van der Waals surface area (Å²) in [5.74, 6) is 3.01. The highest BCUT2D eigenvalue weighted by Gasteiger charge is 2.23. The Balaban J connectivity index is 1.51. The average Bonchev–Trinajstić information content (AvgIpc) is 3.22. The minimum Gasteiger partial charge on any atom is -0.497 e. The summed E-state index contributed by atoms with van der Waals surface area (Å²) < 4.78 is 15.9. The second kappa shape index (κ2) is 10.7. The number of ether oxygens (including phenoxy) is 3. The van der Waals surface area contributed by atoms with E-state index in [4.69, 9.17) is 14.2 Å². The number of likely N-dealkylation sites (tertiary alicyclic amines) is 1. The van der Waals surface area contributed by atoms with Gasteiger partial charge in [0.25, 0.3) is 0 Å². The van der Waals surface area contributed by atoms with Gasteiger partial charge in [-0.05, 0) is 30.2 Å². The molecule has 1 aromatic heterocycles. The zero-order chi connectivity index (χ0) is 21.3. The number of hydrogen-bond donors (Lipinski definition) is 2. The summed E-state index contributed by atoms with van der Waals surface area (Å²) in [6.07, 6.45) is 1.05. The third-order valence-electron chi connectivity index (χ3n) is 5.08. The van der Waals surface area contributed by atoms with Gasteiger partial charge >= 0.3 is 0 Å². The van der Waals surface area contributed by atoms with E-state index in [0.717, 1.165) is 49.2 Å². The highest BCUT2D eigenvalue weighted by Crippen LogP contribution is 2.24. The van der Waals surface area contributed by atoms with Crippen molar-refractivity contribution >= 4 is 5.96 Å². The summed E-state index contributed by atoms with van der Waals surface area (Å²) in [7, 11) is 6.75. The molecule has 1 aliphatic heterocycles. The first-order valence-corrected chi connectivity index (χ1v) is 10.0. The van der Waals surface area contributed by atoms with Gasteiger partial charge in [-0.3, -0.25) is 9.89 Å². The maximum Gasteiger partial charge on any atom is 0.213 e. The third kappa shape index (κ3) is 6.00. The normalized spacial score (nSPS) is 16.9. The molecule has 0 amide bonds. The van der Waals surface area contributed by atoms with E-state index in [2.05, 4.69) is 37.6 Å². The van der Waals surface area contributed by atoms with Crippen LogP contribution in [0.25, 0.3) is 0 Å². The van der Waals surface area contributed by atoms with Crippen LogP contribution in [0.15, 0.2) is 41.4 Å². The first kappa shape index (κ1) is 21.7. The van der Waals surface area contributed by atoms with E-state index in [1.54, 1.807) is 28.4 Å². The molecule has 8 heteroatoms. The van der Waals surface area contributed by atoms with Crippen LogP contribution in [0.1, 0.15) is 17.7 Å². The second-order valence-electron chi connectivity index (χ2n) is 7.18. The van der Waals surface area contributed by atoms with Crippen molar-refractivity contribution in [1.29, 1.82) is 0 Å². The summed E-state index contributed by atoms with van der Waals surface area (Å²) in [4.78, 5) is 11.2. The molecule has 1 atom stereocenters. The summed E-state index contributed by atoms with van der Waals surface area (Å²) in [6, 6.07) is 12.1. The van der Waals surface area contributed by atoms with Gasteiger partial charge in [-0.1, -0.05) is 6.07 Å². The highest BCUT2D eigenvalue weighted by molar-refractivity contribution is 5.79. The van der Waals surface area contributed by atoms with Gasteiger partial charge in [0, 0.05) is 44.9 Å². The minimum atomic E-state index is 0.335. The van der Waals surface area contributed by atoms with E-state index in [1.807, 2.05) is 24.3 Å². The summed E-state index contributed by atoms with van der Waals surface area (Å²) in [5, 5.41) is 6.84. The number of pyridine rings is 1. The number of benzene rings is 1. The van der Waals surface area contributed by atoms with Crippen LogP contribution in [0.3, 0.4) is 0 Å². The van der Waals surface area contributed by atoms with Crippen LogP contribution >= 0.6 is 0 Å². The fourth-order valence-corrected chi connectivity index (χ4v) is 3.54. The van der Waals surface area contributed by atoms with Gasteiger partial charge in [0.1, 0.15) is 11.5 Å². The maximum atomic E-state index is 5.38. The molecule has 2 N–H and O–H groups in total. The molecule has 2 aromatic rings. The second-order valence-corrected chi connectivity index (χ2v) is 7.18. The smallest absolute Gasteiger partial charge is 0.213 e. The van der Waals surface area contributed by atoms with Crippen molar-refractivity contribution in [2.45, 2.75) is 25.6 Å². The molecule has 0 bridgehead atoms. The number of nitrogens with one attached hydrogen (secondary N) is 2. The lowest BCUT2D eigenvalue weighted by atomic mass is 10.2. The van der Waals surface area contributed by atoms with Crippen LogP contribution in [-0.2, 0) is 13.1 Å². The topological polar surface area (TPSA) is 80.2 Å². The van der Waals surface area contributed by atoms with Crippen molar-refractivity contribution in [3.8, 4) is 17.4 Å². The van der Waals surface area contributed by atoms with Gasteiger partial charge in [-0.15, -0.1) is 0 Å². The Morgan fingerprint density at radius 3 is 2.57 bits per heavy atom. The van der Waals surface area contributed by atoms with Crippen LogP contribution in [0.5, 0.6) is 17.4 Å².